The molecular weight excluding hydrogens is 285 g/mol. The normalized spacial score (nSPS) is 13.9. The van der Waals surface area contributed by atoms with E-state index in [9.17, 15) is 0 Å². The summed E-state index contributed by atoms with van der Waals surface area (Å²) in [6.07, 6.45) is 21.1. The van der Waals surface area contributed by atoms with Crippen LogP contribution in [0.3, 0.4) is 0 Å². The van der Waals surface area contributed by atoms with Gasteiger partial charge in [0.15, 0.2) is 0 Å². The van der Waals surface area contributed by atoms with E-state index in [1.165, 1.54) is 18.4 Å². The van der Waals surface area contributed by atoms with Gasteiger partial charge in [-0.1, -0.05) is 19.8 Å². The van der Waals surface area contributed by atoms with Gasteiger partial charge < -0.3 is 0 Å². The van der Waals surface area contributed by atoms with E-state index in [-0.39, 0.29) is 35.6 Å². The molecule has 0 saturated heterocycles. The molecule has 0 radical (unpaired) electrons. The van der Waals surface area contributed by atoms with Crippen LogP contribution >= 0.6 is 0 Å². The molecule has 0 heterocycles. The summed E-state index contributed by atoms with van der Waals surface area (Å²) in [5, 5.41) is 0. The summed E-state index contributed by atoms with van der Waals surface area (Å²) in [5.74, 6) is 0. The van der Waals surface area contributed by atoms with Crippen molar-refractivity contribution in [3.63, 3.8) is 0 Å². The minimum atomic E-state index is 0. The maximum absolute atomic E-state index is 3.26. The van der Waals surface area contributed by atoms with Crippen molar-refractivity contribution in [2.24, 2.45) is 0 Å². The molecule has 0 aromatic carbocycles. The predicted molar refractivity (Wildman–Crippen MR) is 62.0 cm³/mol. The second-order valence-corrected chi connectivity index (χ2v) is 3.06. The third-order valence-electron chi connectivity index (χ3n) is 1.87. The monoisotopic (exact) mass is 302 g/mol. The van der Waals surface area contributed by atoms with E-state index in [2.05, 4.69) is 37.3 Å². The van der Waals surface area contributed by atoms with Crippen LogP contribution in [0, 0.1) is 12.2 Å². The Kier molecular flexibility index (Phi) is 19.3. The van der Waals surface area contributed by atoms with Gasteiger partial charge >= 0.3 is 26.2 Å². The van der Waals surface area contributed by atoms with Gasteiger partial charge in [0, 0.05) is 0 Å². The maximum Gasteiger partial charge on any atom is 2.00 e. The summed E-state index contributed by atoms with van der Waals surface area (Å²) >= 11 is 0. The van der Waals surface area contributed by atoms with Crippen molar-refractivity contribution in [2.45, 2.75) is 32.6 Å². The summed E-state index contributed by atoms with van der Waals surface area (Å²) in [6.45, 7) is 2.20. The molecule has 0 N–H and O–H groups in total. The van der Waals surface area contributed by atoms with Crippen molar-refractivity contribution in [3.8, 4) is 0 Å². The second-order valence-electron chi connectivity index (χ2n) is 3.06. The van der Waals surface area contributed by atoms with Crippen LogP contribution in [-0.4, -0.2) is 0 Å². The van der Waals surface area contributed by atoms with E-state index in [4.69, 9.17) is 0 Å². The van der Waals surface area contributed by atoms with Crippen molar-refractivity contribution >= 4 is 0 Å². The molecule has 0 aliphatic heterocycles. The molecule has 0 spiro atoms. The molecular formula is C13H18F2Zr. The van der Waals surface area contributed by atoms with Gasteiger partial charge in [-0.05, 0) is 0 Å². The fraction of sp³-hybridized carbons (Fsp3) is 0.385. The summed E-state index contributed by atoms with van der Waals surface area (Å²) in [5.41, 5.74) is 1.40. The molecule has 2 rings (SSSR count). The van der Waals surface area contributed by atoms with E-state index in [1.54, 1.807) is 0 Å². The third kappa shape index (κ3) is 10.2. The quantitative estimate of drug-likeness (QED) is 0.674. The van der Waals surface area contributed by atoms with E-state index < -0.39 is 0 Å². The van der Waals surface area contributed by atoms with Crippen LogP contribution < -0.4 is 0 Å². The summed E-state index contributed by atoms with van der Waals surface area (Å²) in [6, 6.07) is 0. The first-order valence-electron chi connectivity index (χ1n) is 4.91. The molecule has 3 heteroatoms. The molecule has 0 fully saturated rings. The minimum Gasteiger partial charge on any atom is -0.273 e. The average Bonchev–Trinajstić information content (AvgIpc) is 2.79. The Hall–Kier alpha value is -0.297. The number of halogens is 2. The molecule has 0 saturated carbocycles. The van der Waals surface area contributed by atoms with Gasteiger partial charge in [0.25, 0.3) is 0 Å². The van der Waals surface area contributed by atoms with Gasteiger partial charge in [0.2, 0.25) is 0 Å². The third-order valence-corrected chi connectivity index (χ3v) is 1.87. The Morgan fingerprint density at radius 3 is 2.25 bits per heavy atom. The van der Waals surface area contributed by atoms with Crippen molar-refractivity contribution < 1.29 is 35.6 Å². The van der Waals surface area contributed by atoms with Crippen LogP contribution in [0.15, 0.2) is 36.0 Å². The van der Waals surface area contributed by atoms with Gasteiger partial charge in [-0.3, -0.25) is 21.6 Å². The Balaban J connectivity index is -0.000000189. The van der Waals surface area contributed by atoms with E-state index in [0.29, 0.717) is 0 Å². The SMILES string of the molecule is CCCC1=[C-]CC=C1.F.F.[C-]1=CC=CC1.[Zr+2]. The summed E-state index contributed by atoms with van der Waals surface area (Å²) in [4.78, 5) is 0. The standard InChI is InChI=1S/C8H11.C5H5.2FH.Zr/c1-2-5-8-6-3-4-7-8;1-2-4-5-3-1;;;/h3,6H,2,4-5H2,1H3;1-3H,4H2;2*1H;/q2*-1;;;+2. The predicted octanol–water partition coefficient (Wildman–Crippen LogP) is 4.08. The van der Waals surface area contributed by atoms with Crippen molar-refractivity contribution in [2.75, 3.05) is 0 Å². The van der Waals surface area contributed by atoms with E-state index in [1.807, 2.05) is 12.2 Å². The minimum absolute atomic E-state index is 0. The molecule has 0 unspecified atom stereocenters. The fourth-order valence-corrected chi connectivity index (χ4v) is 1.23. The zero-order valence-electron chi connectivity index (χ0n) is 9.53. The number of rotatable bonds is 2. The van der Waals surface area contributed by atoms with E-state index in [0.717, 1.165) is 12.8 Å². The molecule has 2 aliphatic carbocycles. The van der Waals surface area contributed by atoms with Gasteiger partial charge in [0.05, 0.1) is 0 Å². The molecule has 0 amide bonds. The number of allylic oxidation sites excluding steroid dienone is 8. The Morgan fingerprint density at radius 1 is 1.19 bits per heavy atom. The first kappa shape index (κ1) is 21.0. The van der Waals surface area contributed by atoms with Crippen molar-refractivity contribution in [1.29, 1.82) is 0 Å². The zero-order chi connectivity index (χ0) is 9.36. The summed E-state index contributed by atoms with van der Waals surface area (Å²) in [7, 11) is 0. The Bertz CT molecular complexity index is 243. The molecule has 88 valence electrons. The zero-order valence-corrected chi connectivity index (χ0v) is 12.0. The van der Waals surface area contributed by atoms with Gasteiger partial charge in [-0.25, -0.2) is 23.8 Å². The first-order valence-corrected chi connectivity index (χ1v) is 4.91. The van der Waals surface area contributed by atoms with Crippen LogP contribution in [0.2, 0.25) is 0 Å². The average molecular weight is 304 g/mol. The van der Waals surface area contributed by atoms with Crippen LogP contribution in [-0.2, 0) is 26.2 Å². The van der Waals surface area contributed by atoms with Crippen molar-refractivity contribution in [1.82, 2.24) is 0 Å². The largest absolute Gasteiger partial charge is 2.00 e. The van der Waals surface area contributed by atoms with Gasteiger partial charge in [0.1, 0.15) is 0 Å². The van der Waals surface area contributed by atoms with Crippen LogP contribution in [0.25, 0.3) is 0 Å². The number of hydrogen-bond donors (Lipinski definition) is 0. The topological polar surface area (TPSA) is 0 Å². The van der Waals surface area contributed by atoms with Crippen molar-refractivity contribution in [3.05, 3.63) is 48.1 Å². The maximum atomic E-state index is 3.26. The number of hydrogen-bond acceptors (Lipinski definition) is 0. The molecule has 0 bridgehead atoms. The molecule has 2 aliphatic rings. The Morgan fingerprint density at radius 2 is 1.94 bits per heavy atom. The van der Waals surface area contributed by atoms with Crippen LogP contribution in [0.4, 0.5) is 9.41 Å². The van der Waals surface area contributed by atoms with Gasteiger partial charge in [-0.2, -0.15) is 12.2 Å². The fourth-order valence-electron chi connectivity index (χ4n) is 1.23. The second kappa shape index (κ2) is 14.7. The van der Waals surface area contributed by atoms with Crippen LogP contribution in [0.1, 0.15) is 32.6 Å². The first-order chi connectivity index (χ1) is 6.43. The van der Waals surface area contributed by atoms with E-state index >= 15 is 0 Å². The smallest absolute Gasteiger partial charge is 0.273 e. The van der Waals surface area contributed by atoms with Gasteiger partial charge in [-0.15, -0.1) is 12.8 Å². The molecule has 0 aromatic heterocycles. The molecule has 16 heavy (non-hydrogen) atoms. The molecule has 0 aromatic rings. The summed E-state index contributed by atoms with van der Waals surface area (Å²) < 4.78 is 0. The van der Waals surface area contributed by atoms with Crippen LogP contribution in [0.5, 0.6) is 0 Å². The Labute approximate surface area is 116 Å². The molecule has 0 nitrogen and oxygen atoms in total. The molecule has 0 atom stereocenters.